The summed E-state index contributed by atoms with van der Waals surface area (Å²) in [7, 11) is 1.85. The Kier molecular flexibility index (Phi) is 3.50. The van der Waals surface area contributed by atoms with Gasteiger partial charge in [0.05, 0.1) is 0 Å². The predicted molar refractivity (Wildman–Crippen MR) is 56.9 cm³/mol. The molecule has 2 N–H and O–H groups in total. The van der Waals surface area contributed by atoms with Crippen LogP contribution in [0.25, 0.3) is 0 Å². The third kappa shape index (κ3) is 1.91. The van der Waals surface area contributed by atoms with Gasteiger partial charge in [0.15, 0.2) is 0 Å². The molecule has 0 bridgehead atoms. The fourth-order valence-electron chi connectivity index (χ4n) is 1.96. The summed E-state index contributed by atoms with van der Waals surface area (Å²) in [5, 5.41) is 0. The van der Waals surface area contributed by atoms with Crippen molar-refractivity contribution >= 4 is 5.91 Å². The third-order valence-electron chi connectivity index (χ3n) is 3.06. The van der Waals surface area contributed by atoms with Crippen LogP contribution in [0.5, 0.6) is 0 Å². The Morgan fingerprint density at radius 3 is 2.57 bits per heavy atom. The molecule has 0 aromatic carbocycles. The summed E-state index contributed by atoms with van der Waals surface area (Å²) in [5.74, 6) is 0.153. The van der Waals surface area contributed by atoms with Crippen LogP contribution in [0.4, 0.5) is 0 Å². The van der Waals surface area contributed by atoms with Gasteiger partial charge in [0.2, 0.25) is 5.91 Å². The van der Waals surface area contributed by atoms with Crippen molar-refractivity contribution < 1.29 is 4.79 Å². The molecular formula is C10H21N3O. The van der Waals surface area contributed by atoms with E-state index < -0.39 is 0 Å². The van der Waals surface area contributed by atoms with Crippen LogP contribution in [0.2, 0.25) is 0 Å². The normalized spacial score (nSPS) is 30.1. The highest BCUT2D eigenvalue weighted by Gasteiger charge is 2.36. The Morgan fingerprint density at radius 1 is 1.57 bits per heavy atom. The van der Waals surface area contributed by atoms with Gasteiger partial charge in [-0.1, -0.05) is 0 Å². The number of likely N-dealkylation sites (N-methyl/N-ethyl adjacent to an activating group) is 1. The fraction of sp³-hybridized carbons (Fsp3) is 0.900. The van der Waals surface area contributed by atoms with Crippen molar-refractivity contribution in [1.82, 2.24) is 9.80 Å². The van der Waals surface area contributed by atoms with Gasteiger partial charge in [0, 0.05) is 32.2 Å². The highest BCUT2D eigenvalue weighted by Crippen LogP contribution is 2.16. The Morgan fingerprint density at radius 2 is 2.14 bits per heavy atom. The van der Waals surface area contributed by atoms with E-state index >= 15 is 0 Å². The van der Waals surface area contributed by atoms with Crippen LogP contribution >= 0.6 is 0 Å². The van der Waals surface area contributed by atoms with E-state index in [1.807, 2.05) is 7.05 Å². The first-order chi connectivity index (χ1) is 6.49. The number of piperazine rings is 1. The molecule has 1 aliphatic rings. The molecule has 1 rings (SSSR count). The second kappa shape index (κ2) is 4.28. The number of amides is 1. The molecule has 1 heterocycles. The first kappa shape index (κ1) is 11.5. The van der Waals surface area contributed by atoms with Crippen molar-refractivity contribution in [2.45, 2.75) is 38.9 Å². The monoisotopic (exact) mass is 199 g/mol. The number of carbonyl (C=O) groups is 1. The molecule has 4 heteroatoms. The zero-order valence-corrected chi connectivity index (χ0v) is 9.53. The van der Waals surface area contributed by atoms with Gasteiger partial charge >= 0.3 is 0 Å². The van der Waals surface area contributed by atoms with Gasteiger partial charge in [0.1, 0.15) is 6.04 Å². The zero-order chi connectivity index (χ0) is 10.9. The standard InChI is InChI=1S/C10H21N3O/c1-7(2)13-6-8(3)12(4)10(14)9(13)5-11/h7-9H,5-6,11H2,1-4H3. The van der Waals surface area contributed by atoms with Crippen LogP contribution in [0, 0.1) is 0 Å². The minimum Gasteiger partial charge on any atom is -0.340 e. The number of rotatable bonds is 2. The lowest BCUT2D eigenvalue weighted by Gasteiger charge is -2.44. The van der Waals surface area contributed by atoms with E-state index in [4.69, 9.17) is 5.73 Å². The van der Waals surface area contributed by atoms with Crippen molar-refractivity contribution in [3.63, 3.8) is 0 Å². The second-order valence-electron chi connectivity index (χ2n) is 4.34. The minimum atomic E-state index is -0.129. The summed E-state index contributed by atoms with van der Waals surface area (Å²) >= 11 is 0. The molecule has 1 aliphatic heterocycles. The summed E-state index contributed by atoms with van der Waals surface area (Å²) in [6.07, 6.45) is 0. The summed E-state index contributed by atoms with van der Waals surface area (Å²) in [4.78, 5) is 15.9. The largest absolute Gasteiger partial charge is 0.340 e. The molecule has 0 aromatic heterocycles. The van der Waals surface area contributed by atoms with E-state index in [9.17, 15) is 4.79 Å². The topological polar surface area (TPSA) is 49.6 Å². The van der Waals surface area contributed by atoms with Gasteiger partial charge in [-0.3, -0.25) is 9.69 Å². The molecule has 0 aromatic rings. The molecule has 1 fully saturated rings. The number of carbonyl (C=O) groups excluding carboxylic acids is 1. The predicted octanol–water partition coefficient (Wildman–Crippen LogP) is -0.115. The van der Waals surface area contributed by atoms with Crippen LogP contribution in [-0.4, -0.2) is 54.0 Å². The van der Waals surface area contributed by atoms with Gasteiger partial charge < -0.3 is 10.6 Å². The van der Waals surface area contributed by atoms with Gasteiger partial charge in [-0.05, 0) is 20.8 Å². The lowest BCUT2D eigenvalue weighted by molar-refractivity contribution is -0.144. The molecular weight excluding hydrogens is 178 g/mol. The number of nitrogens with two attached hydrogens (primary N) is 1. The lowest BCUT2D eigenvalue weighted by atomic mass is 10.1. The maximum Gasteiger partial charge on any atom is 0.241 e. The van der Waals surface area contributed by atoms with Crippen molar-refractivity contribution in [2.24, 2.45) is 5.73 Å². The molecule has 1 amide bonds. The van der Waals surface area contributed by atoms with Crippen molar-refractivity contribution in [3.05, 3.63) is 0 Å². The molecule has 0 saturated carbocycles. The second-order valence-corrected chi connectivity index (χ2v) is 4.34. The van der Waals surface area contributed by atoms with E-state index in [0.29, 0.717) is 12.6 Å². The first-order valence-electron chi connectivity index (χ1n) is 5.21. The van der Waals surface area contributed by atoms with Crippen molar-refractivity contribution in [2.75, 3.05) is 20.1 Å². The molecule has 2 atom stereocenters. The Hall–Kier alpha value is -0.610. The van der Waals surface area contributed by atoms with Crippen molar-refractivity contribution in [3.8, 4) is 0 Å². The molecule has 2 unspecified atom stereocenters. The highest BCUT2D eigenvalue weighted by atomic mass is 16.2. The maximum absolute atomic E-state index is 11.9. The van der Waals surface area contributed by atoms with Crippen LogP contribution in [0.15, 0.2) is 0 Å². The summed E-state index contributed by atoms with van der Waals surface area (Å²) < 4.78 is 0. The van der Waals surface area contributed by atoms with E-state index in [0.717, 1.165) is 6.54 Å². The first-order valence-corrected chi connectivity index (χ1v) is 5.21. The van der Waals surface area contributed by atoms with Crippen LogP contribution in [0.1, 0.15) is 20.8 Å². The Bertz CT molecular complexity index is 217. The average molecular weight is 199 g/mol. The summed E-state index contributed by atoms with van der Waals surface area (Å²) in [6.45, 7) is 7.61. The van der Waals surface area contributed by atoms with Crippen molar-refractivity contribution in [1.29, 1.82) is 0 Å². The number of hydrogen-bond acceptors (Lipinski definition) is 3. The molecule has 14 heavy (non-hydrogen) atoms. The number of hydrogen-bond donors (Lipinski definition) is 1. The lowest BCUT2D eigenvalue weighted by Crippen LogP contribution is -2.63. The van der Waals surface area contributed by atoms with E-state index in [1.165, 1.54) is 0 Å². The average Bonchev–Trinajstić information content (AvgIpc) is 2.13. The molecule has 82 valence electrons. The van der Waals surface area contributed by atoms with Gasteiger partial charge in [-0.25, -0.2) is 0 Å². The fourth-order valence-corrected chi connectivity index (χ4v) is 1.96. The van der Waals surface area contributed by atoms with Crippen LogP contribution in [0.3, 0.4) is 0 Å². The minimum absolute atomic E-state index is 0.129. The molecule has 0 radical (unpaired) electrons. The smallest absolute Gasteiger partial charge is 0.241 e. The molecule has 1 saturated heterocycles. The Labute approximate surface area is 86.0 Å². The van der Waals surface area contributed by atoms with Crippen LogP contribution < -0.4 is 5.73 Å². The maximum atomic E-state index is 11.9. The summed E-state index contributed by atoms with van der Waals surface area (Å²) in [6, 6.07) is 0.535. The van der Waals surface area contributed by atoms with Gasteiger partial charge in [-0.2, -0.15) is 0 Å². The quantitative estimate of drug-likeness (QED) is 0.675. The SMILES string of the molecule is CC1CN(C(C)C)C(CN)C(=O)N1C. The van der Waals surface area contributed by atoms with E-state index in [-0.39, 0.29) is 18.0 Å². The zero-order valence-electron chi connectivity index (χ0n) is 9.53. The Balaban J connectivity index is 2.82. The van der Waals surface area contributed by atoms with E-state index in [1.54, 1.807) is 4.90 Å². The van der Waals surface area contributed by atoms with Crippen LogP contribution in [-0.2, 0) is 4.79 Å². The summed E-state index contributed by atoms with van der Waals surface area (Å²) in [5.41, 5.74) is 5.64. The highest BCUT2D eigenvalue weighted by molar-refractivity contribution is 5.83. The number of nitrogens with zero attached hydrogens (tertiary/aromatic N) is 2. The van der Waals surface area contributed by atoms with Gasteiger partial charge in [0.25, 0.3) is 0 Å². The van der Waals surface area contributed by atoms with Gasteiger partial charge in [-0.15, -0.1) is 0 Å². The molecule has 4 nitrogen and oxygen atoms in total. The molecule has 0 aliphatic carbocycles. The molecule has 0 spiro atoms. The van der Waals surface area contributed by atoms with E-state index in [2.05, 4.69) is 25.7 Å². The third-order valence-corrected chi connectivity index (χ3v) is 3.06.